The van der Waals surface area contributed by atoms with Crippen LogP contribution in [0.3, 0.4) is 0 Å². The predicted octanol–water partition coefficient (Wildman–Crippen LogP) is 3.68. The number of hydrogen-bond donors (Lipinski definition) is 2. The summed E-state index contributed by atoms with van der Waals surface area (Å²) in [5.41, 5.74) is -0.155. The monoisotopic (exact) mass is 294 g/mol. The molecule has 1 atom stereocenters. The largest absolute Gasteiger partial charge is 0.493 e. The molecule has 21 heavy (non-hydrogen) atoms. The Morgan fingerprint density at radius 1 is 1.10 bits per heavy atom. The Morgan fingerprint density at radius 2 is 1.67 bits per heavy atom. The fourth-order valence-electron chi connectivity index (χ4n) is 2.04. The van der Waals surface area contributed by atoms with E-state index in [1.807, 2.05) is 0 Å². The molecule has 0 bridgehead atoms. The van der Waals surface area contributed by atoms with Crippen molar-refractivity contribution in [3.8, 4) is 5.75 Å². The SMILES string of the molecule is CCCC[C@H](CC)COc1cc(C(=O)O)cc(C(=O)O)c1. The van der Waals surface area contributed by atoms with E-state index in [0.717, 1.165) is 31.7 Å². The molecule has 1 aromatic rings. The van der Waals surface area contributed by atoms with Crippen LogP contribution in [0, 0.1) is 5.92 Å². The predicted molar refractivity (Wildman–Crippen MR) is 79.2 cm³/mol. The summed E-state index contributed by atoms with van der Waals surface area (Å²) in [6.07, 6.45) is 4.27. The lowest BCUT2D eigenvalue weighted by molar-refractivity contribution is 0.0696. The maximum Gasteiger partial charge on any atom is 0.335 e. The van der Waals surface area contributed by atoms with Crippen molar-refractivity contribution in [2.24, 2.45) is 5.92 Å². The molecule has 1 aromatic carbocycles. The van der Waals surface area contributed by atoms with Crippen LogP contribution in [0.25, 0.3) is 0 Å². The first-order valence-corrected chi connectivity index (χ1v) is 7.22. The van der Waals surface area contributed by atoms with Crippen LogP contribution in [0.4, 0.5) is 0 Å². The minimum absolute atomic E-state index is 0.0773. The number of benzene rings is 1. The molecule has 5 nitrogen and oxygen atoms in total. The van der Waals surface area contributed by atoms with E-state index in [-0.39, 0.29) is 11.1 Å². The molecule has 116 valence electrons. The lowest BCUT2D eigenvalue weighted by atomic mass is 10.0. The second-order valence-corrected chi connectivity index (χ2v) is 5.08. The first kappa shape index (κ1) is 17.0. The molecule has 1 rings (SSSR count). The first-order chi connectivity index (χ1) is 9.97. The van der Waals surface area contributed by atoms with E-state index in [1.54, 1.807) is 0 Å². The van der Waals surface area contributed by atoms with Crippen LogP contribution in [0.2, 0.25) is 0 Å². The Balaban J connectivity index is 2.81. The summed E-state index contributed by atoms with van der Waals surface area (Å²) in [5, 5.41) is 18.0. The van der Waals surface area contributed by atoms with Crippen LogP contribution in [0.15, 0.2) is 18.2 Å². The molecule has 0 aliphatic rings. The minimum atomic E-state index is -1.17. The van der Waals surface area contributed by atoms with Gasteiger partial charge in [-0.05, 0) is 30.5 Å². The standard InChI is InChI=1S/C16H22O5/c1-3-5-6-11(4-2)10-21-14-8-12(15(17)18)7-13(9-14)16(19)20/h7-9,11H,3-6,10H2,1-2H3,(H,17,18)(H,19,20)/t11-/m0/s1. The van der Waals surface area contributed by atoms with E-state index >= 15 is 0 Å². The molecule has 5 heteroatoms. The van der Waals surface area contributed by atoms with Gasteiger partial charge in [0.05, 0.1) is 17.7 Å². The van der Waals surface area contributed by atoms with Crippen molar-refractivity contribution in [3.63, 3.8) is 0 Å². The van der Waals surface area contributed by atoms with E-state index in [0.29, 0.717) is 18.3 Å². The molecular formula is C16H22O5. The third kappa shape index (κ3) is 5.45. The van der Waals surface area contributed by atoms with Gasteiger partial charge in [-0.1, -0.05) is 33.1 Å². The zero-order valence-electron chi connectivity index (χ0n) is 12.5. The molecule has 0 aromatic heterocycles. The van der Waals surface area contributed by atoms with Gasteiger partial charge in [-0.15, -0.1) is 0 Å². The summed E-state index contributed by atoms with van der Waals surface area (Å²) in [5.74, 6) is -1.64. The van der Waals surface area contributed by atoms with Crippen molar-refractivity contribution in [1.29, 1.82) is 0 Å². The lowest BCUT2D eigenvalue weighted by Gasteiger charge is -2.16. The van der Waals surface area contributed by atoms with Gasteiger partial charge in [0.2, 0.25) is 0 Å². The maximum absolute atomic E-state index is 11.0. The number of unbranched alkanes of at least 4 members (excludes halogenated alkanes) is 1. The molecule has 0 radical (unpaired) electrons. The van der Waals surface area contributed by atoms with Gasteiger partial charge in [0, 0.05) is 0 Å². The molecular weight excluding hydrogens is 272 g/mol. The molecule has 0 aliphatic carbocycles. The van der Waals surface area contributed by atoms with Gasteiger partial charge >= 0.3 is 11.9 Å². The van der Waals surface area contributed by atoms with Gasteiger partial charge in [-0.25, -0.2) is 9.59 Å². The average molecular weight is 294 g/mol. The molecule has 0 unspecified atom stereocenters. The van der Waals surface area contributed by atoms with Crippen LogP contribution in [-0.2, 0) is 0 Å². The minimum Gasteiger partial charge on any atom is -0.493 e. The third-order valence-corrected chi connectivity index (χ3v) is 3.43. The number of rotatable bonds is 9. The summed E-state index contributed by atoms with van der Waals surface area (Å²) < 4.78 is 5.61. The number of aromatic carboxylic acids is 2. The highest BCUT2D eigenvalue weighted by Crippen LogP contribution is 2.20. The molecule has 0 spiro atoms. The fourth-order valence-corrected chi connectivity index (χ4v) is 2.04. The van der Waals surface area contributed by atoms with Gasteiger partial charge in [0.15, 0.2) is 0 Å². The van der Waals surface area contributed by atoms with Crippen molar-refractivity contribution in [3.05, 3.63) is 29.3 Å². The highest BCUT2D eigenvalue weighted by Gasteiger charge is 2.13. The Morgan fingerprint density at radius 3 is 2.10 bits per heavy atom. The highest BCUT2D eigenvalue weighted by molar-refractivity contribution is 5.94. The van der Waals surface area contributed by atoms with Crippen molar-refractivity contribution in [1.82, 2.24) is 0 Å². The van der Waals surface area contributed by atoms with Gasteiger partial charge in [0.25, 0.3) is 0 Å². The summed E-state index contributed by atoms with van der Waals surface area (Å²) in [7, 11) is 0. The maximum atomic E-state index is 11.0. The Kier molecular flexibility index (Phi) is 6.72. The van der Waals surface area contributed by atoms with Crippen LogP contribution in [0.5, 0.6) is 5.75 Å². The molecule has 0 fully saturated rings. The van der Waals surface area contributed by atoms with Crippen LogP contribution in [-0.4, -0.2) is 28.8 Å². The van der Waals surface area contributed by atoms with E-state index in [4.69, 9.17) is 14.9 Å². The van der Waals surface area contributed by atoms with Crippen molar-refractivity contribution < 1.29 is 24.5 Å². The molecule has 2 N–H and O–H groups in total. The summed E-state index contributed by atoms with van der Waals surface area (Å²) in [4.78, 5) is 22.0. The third-order valence-electron chi connectivity index (χ3n) is 3.43. The van der Waals surface area contributed by atoms with Gasteiger partial charge < -0.3 is 14.9 Å². The fraction of sp³-hybridized carbons (Fsp3) is 0.500. The van der Waals surface area contributed by atoms with E-state index in [2.05, 4.69) is 13.8 Å². The normalized spacial score (nSPS) is 11.9. The average Bonchev–Trinajstić information content (AvgIpc) is 2.47. The number of carboxylic acid groups (broad SMARTS) is 2. The van der Waals surface area contributed by atoms with Crippen LogP contribution in [0.1, 0.15) is 60.2 Å². The van der Waals surface area contributed by atoms with Crippen molar-refractivity contribution in [2.45, 2.75) is 39.5 Å². The Labute approximate surface area is 124 Å². The van der Waals surface area contributed by atoms with Crippen LogP contribution < -0.4 is 4.74 Å². The number of ether oxygens (including phenoxy) is 1. The van der Waals surface area contributed by atoms with Crippen molar-refractivity contribution >= 4 is 11.9 Å². The smallest absolute Gasteiger partial charge is 0.335 e. The second kappa shape index (κ2) is 8.29. The van der Waals surface area contributed by atoms with E-state index in [9.17, 15) is 9.59 Å². The molecule has 0 saturated heterocycles. The first-order valence-electron chi connectivity index (χ1n) is 7.22. The Bertz CT molecular complexity index is 463. The Hall–Kier alpha value is -2.04. The summed E-state index contributed by atoms with van der Waals surface area (Å²) in [6, 6.07) is 3.86. The van der Waals surface area contributed by atoms with E-state index < -0.39 is 11.9 Å². The molecule has 0 heterocycles. The number of carboxylic acids is 2. The van der Waals surface area contributed by atoms with Crippen LogP contribution >= 0.6 is 0 Å². The second-order valence-electron chi connectivity index (χ2n) is 5.08. The van der Waals surface area contributed by atoms with Gasteiger partial charge in [-0.3, -0.25) is 0 Å². The zero-order valence-corrected chi connectivity index (χ0v) is 12.5. The topological polar surface area (TPSA) is 83.8 Å². The highest BCUT2D eigenvalue weighted by atomic mass is 16.5. The number of hydrogen-bond acceptors (Lipinski definition) is 3. The van der Waals surface area contributed by atoms with Gasteiger partial charge in [0.1, 0.15) is 5.75 Å². The number of carbonyl (C=O) groups is 2. The quantitative estimate of drug-likeness (QED) is 0.725. The van der Waals surface area contributed by atoms with E-state index in [1.165, 1.54) is 12.1 Å². The summed E-state index contributed by atoms with van der Waals surface area (Å²) >= 11 is 0. The van der Waals surface area contributed by atoms with Crippen molar-refractivity contribution in [2.75, 3.05) is 6.61 Å². The lowest BCUT2D eigenvalue weighted by Crippen LogP contribution is -2.12. The van der Waals surface area contributed by atoms with Gasteiger partial charge in [-0.2, -0.15) is 0 Å². The molecule has 0 aliphatic heterocycles. The summed E-state index contributed by atoms with van der Waals surface area (Å²) in [6.45, 7) is 4.68. The molecule has 0 amide bonds. The zero-order chi connectivity index (χ0) is 15.8. The molecule has 0 saturated carbocycles.